The molecule has 88 valence electrons. The van der Waals surface area contributed by atoms with E-state index in [1.54, 1.807) is 0 Å². The monoisotopic (exact) mass is 210 g/mol. The van der Waals surface area contributed by atoms with Gasteiger partial charge in [0.05, 0.1) is 0 Å². The number of piperidine rings is 1. The quantitative estimate of drug-likeness (QED) is 0.768. The van der Waals surface area contributed by atoms with E-state index in [0.29, 0.717) is 0 Å². The molecule has 2 atom stereocenters. The summed E-state index contributed by atoms with van der Waals surface area (Å²) in [6.07, 6.45) is 6.98. The van der Waals surface area contributed by atoms with Gasteiger partial charge in [-0.15, -0.1) is 0 Å². The molecule has 2 unspecified atom stereocenters. The molecule has 0 aromatic carbocycles. The van der Waals surface area contributed by atoms with E-state index in [1.807, 2.05) is 0 Å². The average molecular weight is 210 g/mol. The summed E-state index contributed by atoms with van der Waals surface area (Å²) in [6.45, 7) is 8.49. The van der Waals surface area contributed by atoms with Gasteiger partial charge in [0.15, 0.2) is 0 Å². The van der Waals surface area contributed by atoms with Gasteiger partial charge in [-0.3, -0.25) is 0 Å². The molecule has 1 heterocycles. The average Bonchev–Trinajstić information content (AvgIpc) is 2.65. The van der Waals surface area contributed by atoms with Crippen LogP contribution in [0, 0.1) is 5.92 Å². The molecule has 1 saturated heterocycles. The van der Waals surface area contributed by atoms with E-state index in [-0.39, 0.29) is 0 Å². The van der Waals surface area contributed by atoms with E-state index in [9.17, 15) is 0 Å². The van der Waals surface area contributed by atoms with Crippen LogP contribution >= 0.6 is 0 Å². The van der Waals surface area contributed by atoms with Crippen LogP contribution in [0.15, 0.2) is 0 Å². The van der Waals surface area contributed by atoms with Crippen molar-refractivity contribution >= 4 is 0 Å². The molecule has 1 aliphatic carbocycles. The van der Waals surface area contributed by atoms with Crippen LogP contribution in [0.3, 0.4) is 0 Å². The lowest BCUT2D eigenvalue weighted by molar-refractivity contribution is 0.198. The highest BCUT2D eigenvalue weighted by molar-refractivity contribution is 4.84. The van der Waals surface area contributed by atoms with Gasteiger partial charge in [-0.2, -0.15) is 0 Å². The van der Waals surface area contributed by atoms with Crippen LogP contribution < -0.4 is 5.32 Å². The van der Waals surface area contributed by atoms with Crippen molar-refractivity contribution < 1.29 is 0 Å². The number of hydrogen-bond donors (Lipinski definition) is 1. The summed E-state index contributed by atoms with van der Waals surface area (Å²) in [4.78, 5) is 2.56. The zero-order valence-corrected chi connectivity index (χ0v) is 10.3. The summed E-state index contributed by atoms with van der Waals surface area (Å²) < 4.78 is 0. The maximum atomic E-state index is 3.87. The van der Waals surface area contributed by atoms with Crippen molar-refractivity contribution in [2.45, 2.75) is 58.0 Å². The van der Waals surface area contributed by atoms with E-state index < -0.39 is 0 Å². The Morgan fingerprint density at radius 2 is 1.80 bits per heavy atom. The SMILES string of the molecule is CCN1CCC(NC2CCC(C)C2)CC1. The van der Waals surface area contributed by atoms with E-state index in [0.717, 1.165) is 18.0 Å². The van der Waals surface area contributed by atoms with Gasteiger partial charge in [-0.1, -0.05) is 13.8 Å². The van der Waals surface area contributed by atoms with Gasteiger partial charge in [-0.25, -0.2) is 0 Å². The highest BCUT2D eigenvalue weighted by atomic mass is 15.1. The lowest BCUT2D eigenvalue weighted by Gasteiger charge is -2.33. The largest absolute Gasteiger partial charge is 0.311 e. The summed E-state index contributed by atoms with van der Waals surface area (Å²) in [5.74, 6) is 0.957. The van der Waals surface area contributed by atoms with Crippen molar-refractivity contribution in [2.75, 3.05) is 19.6 Å². The normalized spacial score (nSPS) is 34.8. The van der Waals surface area contributed by atoms with E-state index in [4.69, 9.17) is 0 Å². The molecule has 2 aliphatic rings. The summed E-state index contributed by atoms with van der Waals surface area (Å²) in [6, 6.07) is 1.64. The van der Waals surface area contributed by atoms with Gasteiger partial charge in [0.2, 0.25) is 0 Å². The molecule has 0 bridgehead atoms. The number of nitrogens with zero attached hydrogens (tertiary/aromatic N) is 1. The first-order valence-electron chi connectivity index (χ1n) is 6.76. The van der Waals surface area contributed by atoms with Gasteiger partial charge >= 0.3 is 0 Å². The lowest BCUT2D eigenvalue weighted by Crippen LogP contribution is -2.45. The number of rotatable bonds is 3. The Labute approximate surface area is 94.4 Å². The molecule has 0 radical (unpaired) electrons. The zero-order chi connectivity index (χ0) is 10.7. The van der Waals surface area contributed by atoms with Crippen LogP contribution in [0.4, 0.5) is 0 Å². The second-order valence-corrected chi connectivity index (χ2v) is 5.49. The second-order valence-electron chi connectivity index (χ2n) is 5.49. The highest BCUT2D eigenvalue weighted by Gasteiger charge is 2.25. The van der Waals surface area contributed by atoms with Crippen molar-refractivity contribution in [1.82, 2.24) is 10.2 Å². The first kappa shape index (κ1) is 11.4. The molecule has 2 rings (SSSR count). The molecule has 15 heavy (non-hydrogen) atoms. The molecule has 0 amide bonds. The first-order valence-corrected chi connectivity index (χ1v) is 6.76. The highest BCUT2D eigenvalue weighted by Crippen LogP contribution is 2.25. The molecular formula is C13H26N2. The fraction of sp³-hybridized carbons (Fsp3) is 1.00. The molecule has 1 N–H and O–H groups in total. The van der Waals surface area contributed by atoms with Crippen LogP contribution in [0.25, 0.3) is 0 Å². The molecule has 1 saturated carbocycles. The van der Waals surface area contributed by atoms with Crippen molar-refractivity contribution in [1.29, 1.82) is 0 Å². The molecule has 0 spiro atoms. The van der Waals surface area contributed by atoms with Crippen molar-refractivity contribution in [3.63, 3.8) is 0 Å². The molecule has 2 fully saturated rings. The maximum Gasteiger partial charge on any atom is 0.00940 e. The lowest BCUT2D eigenvalue weighted by atomic mass is 10.0. The fourth-order valence-electron chi connectivity index (χ4n) is 3.11. The Bertz CT molecular complexity index is 185. The minimum absolute atomic E-state index is 0.808. The third kappa shape index (κ3) is 3.18. The number of likely N-dealkylation sites (tertiary alicyclic amines) is 1. The van der Waals surface area contributed by atoms with Crippen LogP contribution in [0.2, 0.25) is 0 Å². The smallest absolute Gasteiger partial charge is 0.00940 e. The molecule has 0 aromatic heterocycles. The molecule has 0 aromatic rings. The van der Waals surface area contributed by atoms with Gasteiger partial charge in [0, 0.05) is 12.1 Å². The van der Waals surface area contributed by atoms with Crippen LogP contribution in [-0.4, -0.2) is 36.6 Å². The van der Waals surface area contributed by atoms with Crippen LogP contribution in [0.1, 0.15) is 46.0 Å². The number of nitrogens with one attached hydrogen (secondary N) is 1. The topological polar surface area (TPSA) is 15.3 Å². The summed E-state index contributed by atoms with van der Waals surface area (Å²) in [5.41, 5.74) is 0. The summed E-state index contributed by atoms with van der Waals surface area (Å²) in [7, 11) is 0. The van der Waals surface area contributed by atoms with Crippen LogP contribution in [-0.2, 0) is 0 Å². The third-order valence-corrected chi connectivity index (χ3v) is 4.20. The Kier molecular flexibility index (Phi) is 4.04. The predicted octanol–water partition coefficient (Wildman–Crippen LogP) is 2.25. The van der Waals surface area contributed by atoms with Crippen molar-refractivity contribution in [2.24, 2.45) is 5.92 Å². The summed E-state index contributed by atoms with van der Waals surface area (Å²) in [5, 5.41) is 3.87. The Balaban J connectivity index is 1.68. The Morgan fingerprint density at radius 3 is 2.33 bits per heavy atom. The van der Waals surface area contributed by atoms with Crippen molar-refractivity contribution in [3.05, 3.63) is 0 Å². The van der Waals surface area contributed by atoms with Crippen LogP contribution in [0.5, 0.6) is 0 Å². The van der Waals surface area contributed by atoms with Gasteiger partial charge < -0.3 is 10.2 Å². The fourth-order valence-corrected chi connectivity index (χ4v) is 3.11. The molecule has 2 heteroatoms. The Morgan fingerprint density at radius 1 is 1.07 bits per heavy atom. The summed E-state index contributed by atoms with van der Waals surface area (Å²) >= 11 is 0. The second kappa shape index (κ2) is 5.31. The van der Waals surface area contributed by atoms with E-state index in [2.05, 4.69) is 24.1 Å². The van der Waals surface area contributed by atoms with Crippen molar-refractivity contribution in [3.8, 4) is 0 Å². The van der Waals surface area contributed by atoms with Gasteiger partial charge in [0.1, 0.15) is 0 Å². The standard InChI is InChI=1S/C13H26N2/c1-3-15-8-6-12(7-9-15)14-13-5-4-11(2)10-13/h11-14H,3-10H2,1-2H3. The third-order valence-electron chi connectivity index (χ3n) is 4.20. The molecule has 2 nitrogen and oxygen atoms in total. The zero-order valence-electron chi connectivity index (χ0n) is 10.3. The minimum atomic E-state index is 0.808. The van der Waals surface area contributed by atoms with Gasteiger partial charge in [-0.05, 0) is 57.7 Å². The molecule has 1 aliphatic heterocycles. The van der Waals surface area contributed by atoms with Gasteiger partial charge in [0.25, 0.3) is 0 Å². The molecular weight excluding hydrogens is 184 g/mol. The van der Waals surface area contributed by atoms with E-state index >= 15 is 0 Å². The first-order chi connectivity index (χ1) is 7.28. The maximum absolute atomic E-state index is 3.87. The Hall–Kier alpha value is -0.0800. The van der Waals surface area contributed by atoms with E-state index in [1.165, 1.54) is 51.7 Å². The minimum Gasteiger partial charge on any atom is -0.311 e. The predicted molar refractivity (Wildman–Crippen MR) is 65.1 cm³/mol. The number of hydrogen-bond acceptors (Lipinski definition) is 2.